The standard InChI is InChI=1S/C31H38N6O6/c1-4-21-20(13-14-25(38)33-21)27(39)34-22-12-8-9-15-32-28(40)24-17-43-31(36-24)26(18(2)3)37-30(42)23(35-29(22)41)16-19-10-6-5-7-11-19/h5-7,10-11,13-14,17-18,22-23,26H,4,8-9,12,15-16H2,1-3H3,(H,32,40)(H,33,38)(H,34,39)(H,35,41)(H,37,42)/t22-,23-,26-/m0/s1. The molecule has 0 aliphatic carbocycles. The number of carbonyl (C=O) groups is 4. The van der Waals surface area contributed by atoms with Gasteiger partial charge in [-0.2, -0.15) is 0 Å². The predicted octanol–water partition coefficient (Wildman–Crippen LogP) is 2.18. The van der Waals surface area contributed by atoms with Crippen molar-refractivity contribution in [3.8, 4) is 0 Å². The van der Waals surface area contributed by atoms with Gasteiger partial charge in [0.15, 0.2) is 5.69 Å². The molecule has 0 radical (unpaired) electrons. The Morgan fingerprint density at radius 1 is 1.02 bits per heavy atom. The minimum absolute atomic E-state index is 0.105. The third-order valence-corrected chi connectivity index (χ3v) is 7.33. The zero-order valence-electron chi connectivity index (χ0n) is 24.6. The van der Waals surface area contributed by atoms with Gasteiger partial charge in [0.2, 0.25) is 23.3 Å². The van der Waals surface area contributed by atoms with E-state index in [-0.39, 0.29) is 41.5 Å². The molecule has 3 heterocycles. The maximum atomic E-state index is 13.7. The van der Waals surface area contributed by atoms with Crippen molar-refractivity contribution in [1.29, 1.82) is 0 Å². The van der Waals surface area contributed by atoms with Crippen LogP contribution in [0.4, 0.5) is 0 Å². The number of oxazole rings is 1. The number of hydrogen-bond acceptors (Lipinski definition) is 7. The van der Waals surface area contributed by atoms with E-state index in [4.69, 9.17) is 4.42 Å². The zero-order valence-corrected chi connectivity index (χ0v) is 24.6. The van der Waals surface area contributed by atoms with E-state index in [1.54, 1.807) is 0 Å². The molecule has 4 rings (SSSR count). The van der Waals surface area contributed by atoms with E-state index >= 15 is 0 Å². The van der Waals surface area contributed by atoms with Gasteiger partial charge in [0, 0.05) is 24.7 Å². The van der Waals surface area contributed by atoms with Crippen molar-refractivity contribution >= 4 is 23.6 Å². The third kappa shape index (κ3) is 8.18. The Hall–Kier alpha value is -4.74. The summed E-state index contributed by atoms with van der Waals surface area (Å²) >= 11 is 0. The summed E-state index contributed by atoms with van der Waals surface area (Å²) in [4.78, 5) is 72.2. The average Bonchev–Trinajstić information content (AvgIpc) is 3.48. The number of benzene rings is 1. The van der Waals surface area contributed by atoms with Gasteiger partial charge in [-0.25, -0.2) is 4.98 Å². The first-order valence-corrected chi connectivity index (χ1v) is 14.6. The van der Waals surface area contributed by atoms with Crippen LogP contribution in [-0.2, 0) is 22.4 Å². The van der Waals surface area contributed by atoms with Gasteiger partial charge in [0.05, 0.1) is 5.56 Å². The molecule has 0 unspecified atom stereocenters. The number of aromatic amines is 1. The number of fused-ring (bicyclic) bond motifs is 2. The van der Waals surface area contributed by atoms with E-state index in [1.165, 1.54) is 18.4 Å². The molecule has 3 aromatic rings. The van der Waals surface area contributed by atoms with E-state index < -0.39 is 41.8 Å². The van der Waals surface area contributed by atoms with Crippen molar-refractivity contribution in [3.63, 3.8) is 0 Å². The molecule has 3 atom stereocenters. The summed E-state index contributed by atoms with van der Waals surface area (Å²) in [7, 11) is 0. The van der Waals surface area contributed by atoms with Crippen LogP contribution in [-0.4, -0.2) is 52.2 Å². The van der Waals surface area contributed by atoms with Crippen molar-refractivity contribution in [2.75, 3.05) is 6.54 Å². The molecule has 5 N–H and O–H groups in total. The number of amides is 4. The monoisotopic (exact) mass is 590 g/mol. The van der Waals surface area contributed by atoms with E-state index in [9.17, 15) is 24.0 Å². The molecule has 2 aromatic heterocycles. The van der Waals surface area contributed by atoms with Gasteiger partial charge in [0.25, 0.3) is 11.8 Å². The number of hydrogen-bond donors (Lipinski definition) is 5. The topological polar surface area (TPSA) is 175 Å². The van der Waals surface area contributed by atoms with Crippen LogP contribution < -0.4 is 26.8 Å². The molecule has 43 heavy (non-hydrogen) atoms. The average molecular weight is 591 g/mol. The highest BCUT2D eigenvalue weighted by Gasteiger charge is 2.31. The minimum Gasteiger partial charge on any atom is -0.446 e. The van der Waals surface area contributed by atoms with Crippen LogP contribution in [0.3, 0.4) is 0 Å². The molecule has 228 valence electrons. The molecule has 0 spiro atoms. The number of aromatic nitrogens is 2. The number of H-pyrrole nitrogens is 1. The molecule has 0 saturated heterocycles. The number of pyridine rings is 1. The largest absolute Gasteiger partial charge is 0.446 e. The lowest BCUT2D eigenvalue weighted by atomic mass is 10.0. The second kappa shape index (κ2) is 14.4. The van der Waals surface area contributed by atoms with E-state index in [0.717, 1.165) is 5.56 Å². The summed E-state index contributed by atoms with van der Waals surface area (Å²) in [6, 6.07) is 9.34. The summed E-state index contributed by atoms with van der Waals surface area (Å²) in [5, 5.41) is 11.4. The lowest BCUT2D eigenvalue weighted by Gasteiger charge is -2.26. The number of aryl methyl sites for hydroxylation is 1. The first-order chi connectivity index (χ1) is 20.7. The number of nitrogens with one attached hydrogen (secondary N) is 5. The van der Waals surface area contributed by atoms with E-state index in [2.05, 4.69) is 31.2 Å². The van der Waals surface area contributed by atoms with Crippen molar-refractivity contribution in [1.82, 2.24) is 31.2 Å². The smallest absolute Gasteiger partial charge is 0.273 e. The van der Waals surface area contributed by atoms with Crippen molar-refractivity contribution < 1.29 is 23.6 Å². The molecule has 1 aromatic carbocycles. The van der Waals surface area contributed by atoms with Crippen molar-refractivity contribution in [2.24, 2.45) is 5.92 Å². The van der Waals surface area contributed by atoms with Crippen LogP contribution in [0, 0.1) is 5.92 Å². The lowest BCUT2D eigenvalue weighted by Crippen LogP contribution is -2.55. The molecule has 4 amide bonds. The highest BCUT2D eigenvalue weighted by Crippen LogP contribution is 2.22. The molecule has 1 aliphatic rings. The fourth-order valence-corrected chi connectivity index (χ4v) is 4.91. The highest BCUT2D eigenvalue weighted by atomic mass is 16.3. The summed E-state index contributed by atoms with van der Waals surface area (Å²) in [6.07, 6.45) is 3.14. The summed E-state index contributed by atoms with van der Waals surface area (Å²) < 4.78 is 5.59. The van der Waals surface area contributed by atoms with Gasteiger partial charge >= 0.3 is 0 Å². The molecule has 12 heteroatoms. The number of carbonyl (C=O) groups excluding carboxylic acids is 4. The highest BCUT2D eigenvalue weighted by molar-refractivity contribution is 5.99. The molecule has 0 fully saturated rings. The SMILES string of the molecule is CCc1[nH]c(=O)ccc1C(=O)N[C@H]1CCCCNC(=O)c2coc(n2)[C@H](C(C)C)NC(=O)[C@H](Cc2ccccc2)NC1=O. The maximum Gasteiger partial charge on any atom is 0.273 e. The van der Waals surface area contributed by atoms with Crippen LogP contribution in [0.15, 0.2) is 57.9 Å². The minimum atomic E-state index is -0.986. The Morgan fingerprint density at radius 2 is 1.79 bits per heavy atom. The van der Waals surface area contributed by atoms with E-state index in [1.807, 2.05) is 51.1 Å². The summed E-state index contributed by atoms with van der Waals surface area (Å²) in [6.45, 7) is 5.89. The third-order valence-electron chi connectivity index (χ3n) is 7.33. The second-order valence-electron chi connectivity index (χ2n) is 10.9. The lowest BCUT2D eigenvalue weighted by molar-refractivity contribution is -0.130. The zero-order chi connectivity index (χ0) is 30.9. The fraction of sp³-hybridized carbons (Fsp3) is 0.419. The molecule has 12 nitrogen and oxygen atoms in total. The van der Waals surface area contributed by atoms with Crippen LogP contribution in [0.5, 0.6) is 0 Å². The van der Waals surface area contributed by atoms with Crippen molar-refractivity contribution in [3.05, 3.63) is 87.5 Å². The van der Waals surface area contributed by atoms with Gasteiger partial charge in [-0.05, 0) is 43.2 Å². The fourth-order valence-electron chi connectivity index (χ4n) is 4.91. The molecule has 2 bridgehead atoms. The molecular formula is C31H38N6O6. The quantitative estimate of drug-likeness (QED) is 0.292. The van der Waals surface area contributed by atoms with Crippen LogP contribution >= 0.6 is 0 Å². The van der Waals surface area contributed by atoms with Crippen LogP contribution in [0.25, 0.3) is 0 Å². The van der Waals surface area contributed by atoms with Gasteiger partial charge < -0.3 is 30.7 Å². The normalized spacial score (nSPS) is 20.2. The Labute approximate surface area is 249 Å². The number of rotatable bonds is 6. The van der Waals surface area contributed by atoms with Gasteiger partial charge in [-0.15, -0.1) is 0 Å². The first kappa shape index (κ1) is 31.2. The van der Waals surface area contributed by atoms with Gasteiger partial charge in [-0.1, -0.05) is 51.1 Å². The Bertz CT molecular complexity index is 1500. The Balaban J connectivity index is 1.64. The summed E-state index contributed by atoms with van der Waals surface area (Å²) in [5.41, 5.74) is 1.32. The van der Waals surface area contributed by atoms with Gasteiger partial charge in [0.1, 0.15) is 24.4 Å². The maximum absolute atomic E-state index is 13.7. The second-order valence-corrected chi connectivity index (χ2v) is 10.9. The Morgan fingerprint density at radius 3 is 2.51 bits per heavy atom. The van der Waals surface area contributed by atoms with Crippen LogP contribution in [0.2, 0.25) is 0 Å². The van der Waals surface area contributed by atoms with Crippen molar-refractivity contribution in [2.45, 2.75) is 71.0 Å². The Kier molecular flexibility index (Phi) is 10.5. The molecule has 0 saturated carbocycles. The van der Waals surface area contributed by atoms with E-state index in [0.29, 0.717) is 31.5 Å². The summed E-state index contributed by atoms with van der Waals surface area (Å²) in [5.74, 6) is -1.89. The molecule has 1 aliphatic heterocycles. The number of nitrogens with zero attached hydrogens (tertiary/aromatic N) is 1. The first-order valence-electron chi connectivity index (χ1n) is 14.6. The predicted molar refractivity (Wildman–Crippen MR) is 158 cm³/mol. The van der Waals surface area contributed by atoms with Crippen LogP contribution in [0.1, 0.15) is 84.1 Å². The molecular weight excluding hydrogens is 552 g/mol. The van der Waals surface area contributed by atoms with Gasteiger partial charge in [-0.3, -0.25) is 24.0 Å².